The predicted molar refractivity (Wildman–Crippen MR) is 80.8 cm³/mol. The van der Waals surface area contributed by atoms with Gasteiger partial charge in [-0.05, 0) is 18.1 Å². The van der Waals surface area contributed by atoms with E-state index in [9.17, 15) is 14.4 Å². The molecule has 7 nitrogen and oxygen atoms in total. The maximum absolute atomic E-state index is 12.3. The lowest BCUT2D eigenvalue weighted by Crippen LogP contribution is -2.53. The summed E-state index contributed by atoms with van der Waals surface area (Å²) in [5.74, 6) is -0.839. The third-order valence-corrected chi connectivity index (χ3v) is 4.52. The zero-order valence-electron chi connectivity index (χ0n) is 13.2. The summed E-state index contributed by atoms with van der Waals surface area (Å²) in [4.78, 5) is 39.4. The second kappa shape index (κ2) is 5.57. The predicted octanol–water partition coefficient (Wildman–Crippen LogP) is 1.48. The van der Waals surface area contributed by atoms with Crippen molar-refractivity contribution in [3.63, 3.8) is 0 Å². The summed E-state index contributed by atoms with van der Waals surface area (Å²) in [6, 6.07) is 6.73. The maximum atomic E-state index is 12.3. The molecule has 23 heavy (non-hydrogen) atoms. The van der Waals surface area contributed by atoms with Gasteiger partial charge in [-0.2, -0.15) is 0 Å². The van der Waals surface area contributed by atoms with E-state index in [-0.39, 0.29) is 11.8 Å². The van der Waals surface area contributed by atoms with Gasteiger partial charge in [0.1, 0.15) is 12.2 Å². The third-order valence-electron chi connectivity index (χ3n) is 4.52. The zero-order chi connectivity index (χ0) is 16.7. The van der Waals surface area contributed by atoms with Crippen LogP contribution in [0.25, 0.3) is 0 Å². The van der Waals surface area contributed by atoms with Gasteiger partial charge in [0, 0.05) is 18.5 Å². The van der Waals surface area contributed by atoms with Crippen LogP contribution in [0.15, 0.2) is 24.3 Å². The number of esters is 1. The molecule has 2 aliphatic heterocycles. The molecule has 0 bridgehead atoms. The molecule has 0 aromatic heterocycles. The Labute approximate surface area is 133 Å². The lowest BCUT2D eigenvalue weighted by Gasteiger charge is -2.33. The Morgan fingerprint density at radius 3 is 2.43 bits per heavy atom. The van der Waals surface area contributed by atoms with Crippen LogP contribution in [0.3, 0.4) is 0 Å². The number of carbonyl (C=O) groups is 3. The molecule has 3 rings (SSSR count). The maximum Gasteiger partial charge on any atom is 0.411 e. The van der Waals surface area contributed by atoms with Crippen molar-refractivity contribution in [2.45, 2.75) is 31.5 Å². The minimum atomic E-state index is -0.766. The largest absolute Gasteiger partial charge is 0.467 e. The van der Waals surface area contributed by atoms with Crippen LogP contribution in [-0.4, -0.2) is 49.3 Å². The average Bonchev–Trinajstić information content (AvgIpc) is 3.07. The van der Waals surface area contributed by atoms with Crippen LogP contribution in [0, 0.1) is 0 Å². The molecule has 2 aliphatic rings. The third kappa shape index (κ3) is 2.15. The van der Waals surface area contributed by atoms with Crippen molar-refractivity contribution in [2.75, 3.05) is 19.1 Å². The number of likely N-dealkylation sites (tertiary alicyclic amines) is 1. The molecule has 0 aliphatic carbocycles. The van der Waals surface area contributed by atoms with Crippen molar-refractivity contribution < 1.29 is 23.9 Å². The van der Waals surface area contributed by atoms with E-state index in [1.165, 1.54) is 26.0 Å². The summed E-state index contributed by atoms with van der Waals surface area (Å²) in [6.45, 7) is 1.44. The standard InChI is InChI=1S/C16H18N2O5/c1-9(19)17-12-7-5-4-6-10(12)11-8-13(15(20)22-2)18(14(11)17)16(21)23-3/h4-7,11,13-14H,8H2,1-3H3/t11-,13+,14+/m1/s1. The molecule has 2 amide bonds. The summed E-state index contributed by atoms with van der Waals surface area (Å²) in [7, 11) is 2.53. The number of fused-ring (bicyclic) bond motifs is 3. The molecule has 1 aromatic rings. The molecular formula is C16H18N2O5. The van der Waals surface area contributed by atoms with E-state index < -0.39 is 24.3 Å². The molecule has 1 aromatic carbocycles. The number of methoxy groups -OCH3 is 2. The minimum Gasteiger partial charge on any atom is -0.467 e. The van der Waals surface area contributed by atoms with Crippen LogP contribution in [-0.2, 0) is 19.1 Å². The number of anilines is 1. The van der Waals surface area contributed by atoms with Gasteiger partial charge in [-0.25, -0.2) is 9.59 Å². The molecule has 0 saturated carbocycles. The molecular weight excluding hydrogens is 300 g/mol. The number of benzene rings is 1. The monoisotopic (exact) mass is 318 g/mol. The number of hydrogen-bond acceptors (Lipinski definition) is 5. The number of nitrogens with zero attached hydrogens (tertiary/aromatic N) is 2. The fourth-order valence-corrected chi connectivity index (χ4v) is 3.65. The second-order valence-electron chi connectivity index (χ2n) is 5.62. The van der Waals surface area contributed by atoms with Crippen molar-refractivity contribution in [1.29, 1.82) is 0 Å². The molecule has 1 saturated heterocycles. The fraction of sp³-hybridized carbons (Fsp3) is 0.438. The van der Waals surface area contributed by atoms with Gasteiger partial charge < -0.3 is 9.47 Å². The number of para-hydroxylation sites is 1. The fourth-order valence-electron chi connectivity index (χ4n) is 3.65. The molecule has 3 atom stereocenters. The van der Waals surface area contributed by atoms with Crippen LogP contribution in [0.5, 0.6) is 0 Å². The molecule has 2 heterocycles. The van der Waals surface area contributed by atoms with Crippen LogP contribution >= 0.6 is 0 Å². The lowest BCUT2D eigenvalue weighted by atomic mass is 9.96. The van der Waals surface area contributed by atoms with Gasteiger partial charge in [-0.15, -0.1) is 0 Å². The van der Waals surface area contributed by atoms with Gasteiger partial charge >= 0.3 is 12.1 Å². The van der Waals surface area contributed by atoms with E-state index in [0.29, 0.717) is 6.42 Å². The number of hydrogen-bond donors (Lipinski definition) is 0. The van der Waals surface area contributed by atoms with Crippen LogP contribution in [0.1, 0.15) is 24.8 Å². The smallest absolute Gasteiger partial charge is 0.411 e. The highest BCUT2D eigenvalue weighted by atomic mass is 16.5. The van der Waals surface area contributed by atoms with Gasteiger partial charge in [0.25, 0.3) is 0 Å². The number of rotatable bonds is 1. The van der Waals surface area contributed by atoms with Gasteiger partial charge in [0.2, 0.25) is 5.91 Å². The summed E-state index contributed by atoms with van der Waals surface area (Å²) in [5, 5.41) is 0. The van der Waals surface area contributed by atoms with E-state index in [4.69, 9.17) is 9.47 Å². The van der Waals surface area contributed by atoms with E-state index in [0.717, 1.165) is 11.3 Å². The summed E-state index contributed by atoms with van der Waals surface area (Å²) in [5.41, 5.74) is 1.72. The first-order valence-corrected chi connectivity index (χ1v) is 7.34. The Kier molecular flexibility index (Phi) is 3.71. The first-order chi connectivity index (χ1) is 11.0. The van der Waals surface area contributed by atoms with E-state index >= 15 is 0 Å². The Balaban J connectivity index is 2.10. The van der Waals surface area contributed by atoms with Crippen molar-refractivity contribution in [1.82, 2.24) is 4.90 Å². The Hall–Kier alpha value is -2.57. The zero-order valence-corrected chi connectivity index (χ0v) is 13.2. The Bertz CT molecular complexity index is 674. The van der Waals surface area contributed by atoms with Crippen molar-refractivity contribution in [3.05, 3.63) is 29.8 Å². The topological polar surface area (TPSA) is 76.2 Å². The van der Waals surface area contributed by atoms with Crippen LogP contribution in [0.4, 0.5) is 10.5 Å². The molecule has 0 radical (unpaired) electrons. The first kappa shape index (κ1) is 15.3. The first-order valence-electron chi connectivity index (χ1n) is 7.34. The van der Waals surface area contributed by atoms with Gasteiger partial charge in [-0.3, -0.25) is 14.6 Å². The van der Waals surface area contributed by atoms with Crippen molar-refractivity contribution in [2.24, 2.45) is 0 Å². The van der Waals surface area contributed by atoms with E-state index in [2.05, 4.69) is 0 Å². The highest BCUT2D eigenvalue weighted by molar-refractivity contribution is 5.97. The Morgan fingerprint density at radius 1 is 1.13 bits per heavy atom. The van der Waals surface area contributed by atoms with Crippen LogP contribution in [0.2, 0.25) is 0 Å². The molecule has 122 valence electrons. The second-order valence-corrected chi connectivity index (χ2v) is 5.62. The minimum absolute atomic E-state index is 0.140. The quantitative estimate of drug-likeness (QED) is 0.733. The molecule has 1 fully saturated rings. The molecule has 0 unspecified atom stereocenters. The van der Waals surface area contributed by atoms with Crippen molar-refractivity contribution >= 4 is 23.7 Å². The Morgan fingerprint density at radius 2 is 1.83 bits per heavy atom. The normalized spacial score (nSPS) is 24.9. The molecule has 7 heteroatoms. The summed E-state index contributed by atoms with van der Waals surface area (Å²) >= 11 is 0. The van der Waals surface area contributed by atoms with E-state index in [1.54, 1.807) is 4.90 Å². The number of amides is 2. The number of ether oxygens (including phenoxy) is 2. The van der Waals surface area contributed by atoms with Gasteiger partial charge in [0.15, 0.2) is 0 Å². The SMILES string of the molecule is COC(=O)[C@@H]1C[C@@H]2c3ccccc3N(C(C)=O)[C@H]2N1C(=O)OC. The highest BCUT2D eigenvalue weighted by Crippen LogP contribution is 2.50. The van der Waals surface area contributed by atoms with Gasteiger partial charge in [-0.1, -0.05) is 18.2 Å². The summed E-state index contributed by atoms with van der Waals surface area (Å²) in [6.07, 6.45) is -0.818. The van der Waals surface area contributed by atoms with Crippen LogP contribution < -0.4 is 4.90 Å². The summed E-state index contributed by atoms with van der Waals surface area (Å²) < 4.78 is 9.65. The molecule has 0 N–H and O–H groups in total. The average molecular weight is 318 g/mol. The van der Waals surface area contributed by atoms with Crippen molar-refractivity contribution in [3.8, 4) is 0 Å². The highest BCUT2D eigenvalue weighted by Gasteiger charge is 2.56. The molecule has 0 spiro atoms. The lowest BCUT2D eigenvalue weighted by molar-refractivity contribution is -0.146. The number of carbonyl (C=O) groups excluding carboxylic acids is 3. The van der Waals surface area contributed by atoms with E-state index in [1.807, 2.05) is 24.3 Å². The van der Waals surface area contributed by atoms with Gasteiger partial charge in [0.05, 0.1) is 14.2 Å².